The van der Waals surface area contributed by atoms with Gasteiger partial charge in [0.1, 0.15) is 11.9 Å². The number of fused-ring (bicyclic) bond motifs is 1. The number of likely N-dealkylation sites (tertiary alicyclic amines) is 1. The Kier molecular flexibility index (Phi) is 5.49. The second-order valence-electron chi connectivity index (χ2n) is 8.41. The normalized spacial score (nSPS) is 29.0. The fraction of sp³-hybridized carbons (Fsp3) is 0.500. The molecule has 0 bridgehead atoms. The fourth-order valence-corrected chi connectivity index (χ4v) is 4.68. The fourth-order valence-electron chi connectivity index (χ4n) is 4.68. The minimum absolute atomic E-state index is 0.108. The number of ketones is 1. The van der Waals surface area contributed by atoms with Crippen molar-refractivity contribution in [3.8, 4) is 0 Å². The molecule has 4 heteroatoms. The first-order chi connectivity index (χ1) is 13.6. The van der Waals surface area contributed by atoms with Crippen molar-refractivity contribution in [1.29, 1.82) is 0 Å². The zero-order valence-corrected chi connectivity index (χ0v) is 16.8. The average Bonchev–Trinajstić information content (AvgIpc) is 2.71. The molecule has 0 N–H and O–H groups in total. The third-order valence-electron chi connectivity index (χ3n) is 6.46. The van der Waals surface area contributed by atoms with Gasteiger partial charge in [0.15, 0.2) is 0 Å². The number of allylic oxidation sites excluding steroid dienone is 1. The third-order valence-corrected chi connectivity index (χ3v) is 6.46. The van der Waals surface area contributed by atoms with Crippen molar-refractivity contribution in [1.82, 2.24) is 4.90 Å². The Morgan fingerprint density at radius 2 is 1.82 bits per heavy atom. The Bertz CT molecular complexity index is 802. The smallest absolute Gasteiger partial charge is 0.332 e. The predicted molar refractivity (Wildman–Crippen MR) is 109 cm³/mol. The molecule has 1 saturated heterocycles. The predicted octanol–water partition coefficient (Wildman–Crippen LogP) is 3.88. The first-order valence-corrected chi connectivity index (χ1v) is 10.5. The van der Waals surface area contributed by atoms with Crippen molar-refractivity contribution in [2.75, 3.05) is 19.6 Å². The maximum absolute atomic E-state index is 13.2. The van der Waals surface area contributed by atoms with Gasteiger partial charge in [0.2, 0.25) is 0 Å². The van der Waals surface area contributed by atoms with Crippen LogP contribution in [-0.2, 0) is 14.3 Å². The number of ether oxygens (including phenoxy) is 1. The van der Waals surface area contributed by atoms with Gasteiger partial charge in [0, 0.05) is 18.5 Å². The molecule has 3 atom stereocenters. The van der Waals surface area contributed by atoms with Crippen molar-refractivity contribution in [2.24, 2.45) is 17.8 Å². The number of rotatable bonds is 4. The topological polar surface area (TPSA) is 46.6 Å². The summed E-state index contributed by atoms with van der Waals surface area (Å²) in [5.41, 5.74) is 2.92. The lowest BCUT2D eigenvalue weighted by atomic mass is 9.73. The summed E-state index contributed by atoms with van der Waals surface area (Å²) in [4.78, 5) is 28.0. The second-order valence-corrected chi connectivity index (χ2v) is 8.41. The number of esters is 1. The van der Waals surface area contributed by atoms with Gasteiger partial charge in [-0.3, -0.25) is 4.79 Å². The Morgan fingerprint density at radius 3 is 2.50 bits per heavy atom. The van der Waals surface area contributed by atoms with Gasteiger partial charge in [-0.2, -0.15) is 0 Å². The van der Waals surface area contributed by atoms with Crippen molar-refractivity contribution in [3.05, 3.63) is 53.6 Å². The standard InChI is InChI=1S/C24H29NO3/c1-3-17-13-20-19(18-7-5-4-6-8-18)14-22(26)28-24(20)21(23(17)27)15-25-11-9-16(2)10-12-25/h4-8,13-14,16-17,21,24H,3,9-12,15H2,1-2H3. The van der Waals surface area contributed by atoms with Crippen molar-refractivity contribution < 1.29 is 14.3 Å². The average molecular weight is 380 g/mol. The molecule has 1 aliphatic carbocycles. The molecule has 28 heavy (non-hydrogen) atoms. The largest absolute Gasteiger partial charge is 0.453 e. The van der Waals surface area contributed by atoms with Gasteiger partial charge < -0.3 is 9.64 Å². The van der Waals surface area contributed by atoms with E-state index in [1.54, 1.807) is 6.08 Å². The summed E-state index contributed by atoms with van der Waals surface area (Å²) in [5, 5.41) is 0. The Morgan fingerprint density at radius 1 is 1.11 bits per heavy atom. The number of nitrogens with zero attached hydrogens (tertiary/aromatic N) is 1. The number of benzene rings is 1. The van der Waals surface area contributed by atoms with E-state index >= 15 is 0 Å². The lowest BCUT2D eigenvalue weighted by molar-refractivity contribution is -0.148. The van der Waals surface area contributed by atoms with E-state index in [2.05, 4.69) is 18.7 Å². The van der Waals surface area contributed by atoms with Gasteiger partial charge in [-0.05, 0) is 55.0 Å². The van der Waals surface area contributed by atoms with Crippen LogP contribution in [0.25, 0.3) is 5.57 Å². The van der Waals surface area contributed by atoms with Crippen LogP contribution in [0.1, 0.15) is 38.7 Å². The van der Waals surface area contributed by atoms with Crippen LogP contribution in [0.5, 0.6) is 0 Å². The Balaban J connectivity index is 1.67. The van der Waals surface area contributed by atoms with E-state index in [9.17, 15) is 9.59 Å². The number of hydrogen-bond acceptors (Lipinski definition) is 4. The monoisotopic (exact) mass is 379 g/mol. The van der Waals surface area contributed by atoms with Crippen LogP contribution in [0.4, 0.5) is 0 Å². The summed E-state index contributed by atoms with van der Waals surface area (Å²) < 4.78 is 5.75. The highest BCUT2D eigenvalue weighted by atomic mass is 16.5. The maximum Gasteiger partial charge on any atom is 0.332 e. The molecule has 2 heterocycles. The van der Waals surface area contributed by atoms with Crippen molar-refractivity contribution in [3.63, 3.8) is 0 Å². The zero-order chi connectivity index (χ0) is 19.7. The number of carbonyl (C=O) groups is 2. The molecule has 0 spiro atoms. The molecule has 1 fully saturated rings. The summed E-state index contributed by atoms with van der Waals surface area (Å²) >= 11 is 0. The van der Waals surface area contributed by atoms with Crippen LogP contribution < -0.4 is 0 Å². The molecule has 1 aromatic rings. The summed E-state index contributed by atoms with van der Waals surface area (Å²) in [6, 6.07) is 9.95. The van der Waals surface area contributed by atoms with Gasteiger partial charge in [-0.1, -0.05) is 50.3 Å². The van der Waals surface area contributed by atoms with E-state index in [0.29, 0.717) is 6.54 Å². The van der Waals surface area contributed by atoms with Gasteiger partial charge in [0.05, 0.1) is 5.92 Å². The number of carbonyl (C=O) groups excluding carboxylic acids is 2. The molecular formula is C24H29NO3. The van der Waals surface area contributed by atoms with E-state index in [4.69, 9.17) is 4.74 Å². The number of hydrogen-bond donors (Lipinski definition) is 0. The van der Waals surface area contributed by atoms with Crippen LogP contribution in [0, 0.1) is 17.8 Å². The molecule has 4 rings (SSSR count). The molecule has 3 aliphatic rings. The van der Waals surface area contributed by atoms with Crippen molar-refractivity contribution >= 4 is 17.3 Å². The van der Waals surface area contributed by atoms with Gasteiger partial charge >= 0.3 is 5.97 Å². The molecule has 148 valence electrons. The molecule has 0 saturated carbocycles. The Labute approximate surface area is 167 Å². The van der Waals surface area contributed by atoms with E-state index in [1.807, 2.05) is 36.4 Å². The van der Waals surface area contributed by atoms with E-state index in [0.717, 1.165) is 42.1 Å². The van der Waals surface area contributed by atoms with Crippen LogP contribution in [-0.4, -0.2) is 42.4 Å². The summed E-state index contributed by atoms with van der Waals surface area (Å²) in [5.74, 6) is 0.230. The van der Waals surface area contributed by atoms with E-state index in [1.165, 1.54) is 12.8 Å². The maximum atomic E-state index is 13.2. The highest BCUT2D eigenvalue weighted by Crippen LogP contribution is 2.40. The molecule has 3 unspecified atom stereocenters. The summed E-state index contributed by atoms with van der Waals surface area (Å²) in [6.45, 7) is 7.06. The first kappa shape index (κ1) is 19.1. The van der Waals surface area contributed by atoms with Crippen LogP contribution in [0.15, 0.2) is 48.1 Å². The van der Waals surface area contributed by atoms with E-state index in [-0.39, 0.29) is 23.6 Å². The number of piperidine rings is 1. The van der Waals surface area contributed by atoms with Gasteiger partial charge in [-0.25, -0.2) is 4.79 Å². The van der Waals surface area contributed by atoms with Crippen LogP contribution >= 0.6 is 0 Å². The lowest BCUT2D eigenvalue weighted by Gasteiger charge is -2.40. The molecule has 2 aliphatic heterocycles. The molecule has 4 nitrogen and oxygen atoms in total. The highest BCUT2D eigenvalue weighted by molar-refractivity contribution is 6.02. The zero-order valence-electron chi connectivity index (χ0n) is 16.8. The van der Waals surface area contributed by atoms with E-state index < -0.39 is 6.10 Å². The molecule has 0 radical (unpaired) electrons. The summed E-state index contributed by atoms with van der Waals surface area (Å²) in [7, 11) is 0. The highest BCUT2D eigenvalue weighted by Gasteiger charge is 2.44. The van der Waals surface area contributed by atoms with Crippen LogP contribution in [0.2, 0.25) is 0 Å². The quantitative estimate of drug-likeness (QED) is 0.745. The first-order valence-electron chi connectivity index (χ1n) is 10.5. The number of Topliss-reactive ketones (excluding diaryl/α,β-unsaturated/α-hetero) is 1. The molecule has 0 aromatic heterocycles. The molecule has 1 aromatic carbocycles. The minimum atomic E-state index is -0.470. The van der Waals surface area contributed by atoms with Gasteiger partial charge in [0.25, 0.3) is 0 Å². The molecular weight excluding hydrogens is 350 g/mol. The Hall–Kier alpha value is -2.20. The van der Waals surface area contributed by atoms with Crippen molar-refractivity contribution in [2.45, 2.75) is 39.2 Å². The van der Waals surface area contributed by atoms with Gasteiger partial charge in [-0.15, -0.1) is 0 Å². The van der Waals surface area contributed by atoms with Crippen LogP contribution in [0.3, 0.4) is 0 Å². The SMILES string of the molecule is CCC1C=C2C(c3ccccc3)=CC(=O)OC2C(CN2CCC(C)CC2)C1=O. The lowest BCUT2D eigenvalue weighted by Crippen LogP contribution is -2.49. The molecule has 0 amide bonds. The second kappa shape index (κ2) is 8.04. The third kappa shape index (κ3) is 3.70. The summed E-state index contributed by atoms with van der Waals surface area (Å²) in [6.07, 6.45) is 6.27. The minimum Gasteiger partial charge on any atom is -0.453 e.